The third-order valence-electron chi connectivity index (χ3n) is 6.60. The van der Waals surface area contributed by atoms with Crippen LogP contribution >= 0.6 is 24.8 Å². The number of rotatable bonds is 6. The molecule has 3 nitrogen and oxygen atoms in total. The van der Waals surface area contributed by atoms with Crippen LogP contribution in [0.4, 0.5) is 0 Å². The second-order valence-corrected chi connectivity index (χ2v) is 8.28. The lowest BCUT2D eigenvalue weighted by molar-refractivity contribution is 0.0785. The number of ether oxygens (including phenoxy) is 1. The van der Waals surface area contributed by atoms with Crippen LogP contribution in [0.5, 0.6) is 5.75 Å². The monoisotopic (exact) mass is 438 g/mol. The molecule has 0 aromatic heterocycles. The standard InChI is InChI=1S/C24H34N2O.2ClH/c1-27-23-13-12-21-8-5-7-20(24(21)19-23)9-6-14-25-15-17-26(18-16-25)22-10-3-2-4-11-22;;/h5,7-8,12-13,19,22H,2-4,6,9-11,14-18H2,1H3;2*1H. The lowest BCUT2D eigenvalue weighted by Crippen LogP contribution is -2.50. The summed E-state index contributed by atoms with van der Waals surface area (Å²) in [4.78, 5) is 5.44. The van der Waals surface area contributed by atoms with Crippen LogP contribution < -0.4 is 4.74 Å². The molecule has 1 saturated heterocycles. The van der Waals surface area contributed by atoms with Crippen LogP contribution in [0.1, 0.15) is 44.1 Å². The van der Waals surface area contributed by atoms with Crippen LogP contribution in [-0.4, -0.2) is 55.7 Å². The Kier molecular flexibility index (Phi) is 10.0. The number of piperazine rings is 1. The van der Waals surface area contributed by atoms with E-state index in [-0.39, 0.29) is 24.8 Å². The molecule has 2 fully saturated rings. The van der Waals surface area contributed by atoms with Crippen LogP contribution in [0.3, 0.4) is 0 Å². The molecular formula is C24H36Cl2N2O. The van der Waals surface area contributed by atoms with E-state index in [1.54, 1.807) is 7.11 Å². The highest BCUT2D eigenvalue weighted by molar-refractivity contribution is 5.87. The normalized spacial score (nSPS) is 18.8. The van der Waals surface area contributed by atoms with E-state index in [0.717, 1.165) is 18.2 Å². The fourth-order valence-corrected chi connectivity index (χ4v) is 4.95. The number of aryl methyl sites for hydroxylation is 1. The average molecular weight is 439 g/mol. The van der Waals surface area contributed by atoms with E-state index in [1.165, 1.54) is 87.6 Å². The van der Waals surface area contributed by atoms with Crippen molar-refractivity contribution in [3.8, 4) is 5.75 Å². The number of fused-ring (bicyclic) bond motifs is 1. The molecule has 1 aliphatic carbocycles. The lowest BCUT2D eigenvalue weighted by Gasteiger charge is -2.40. The van der Waals surface area contributed by atoms with Gasteiger partial charge in [0.15, 0.2) is 0 Å². The van der Waals surface area contributed by atoms with Crippen molar-refractivity contribution in [3.05, 3.63) is 42.0 Å². The third kappa shape index (κ3) is 6.24. The zero-order chi connectivity index (χ0) is 18.5. The molecule has 0 spiro atoms. The van der Waals surface area contributed by atoms with Crippen LogP contribution in [0.25, 0.3) is 10.8 Å². The number of hydrogen-bond donors (Lipinski definition) is 0. The second-order valence-electron chi connectivity index (χ2n) is 8.28. The Morgan fingerprint density at radius 2 is 1.69 bits per heavy atom. The molecule has 4 rings (SSSR count). The van der Waals surface area contributed by atoms with Crippen molar-refractivity contribution in [2.24, 2.45) is 0 Å². The number of benzene rings is 2. The first-order valence-corrected chi connectivity index (χ1v) is 10.9. The molecule has 0 radical (unpaired) electrons. The summed E-state index contributed by atoms with van der Waals surface area (Å²) in [6.07, 6.45) is 9.60. The van der Waals surface area contributed by atoms with Gasteiger partial charge in [0.25, 0.3) is 0 Å². The first-order chi connectivity index (χ1) is 13.3. The highest BCUT2D eigenvalue weighted by Gasteiger charge is 2.24. The Labute approximate surface area is 188 Å². The van der Waals surface area contributed by atoms with Gasteiger partial charge in [-0.05, 0) is 60.7 Å². The summed E-state index contributed by atoms with van der Waals surface area (Å²) in [5.74, 6) is 0.953. The fraction of sp³-hybridized carbons (Fsp3) is 0.583. The topological polar surface area (TPSA) is 15.7 Å². The van der Waals surface area contributed by atoms with Crippen molar-refractivity contribution in [2.75, 3.05) is 39.8 Å². The maximum atomic E-state index is 5.42. The average Bonchev–Trinajstić information content (AvgIpc) is 2.74. The number of nitrogens with zero attached hydrogens (tertiary/aromatic N) is 2. The van der Waals surface area contributed by atoms with Crippen molar-refractivity contribution in [2.45, 2.75) is 51.0 Å². The molecule has 2 aliphatic rings. The van der Waals surface area contributed by atoms with E-state index in [1.807, 2.05) is 0 Å². The summed E-state index contributed by atoms with van der Waals surface area (Å²) < 4.78 is 5.42. The van der Waals surface area contributed by atoms with E-state index >= 15 is 0 Å². The first-order valence-electron chi connectivity index (χ1n) is 10.9. The molecule has 1 aliphatic heterocycles. The molecule has 162 valence electrons. The zero-order valence-corrected chi connectivity index (χ0v) is 19.3. The Morgan fingerprint density at radius 3 is 2.41 bits per heavy atom. The van der Waals surface area contributed by atoms with Gasteiger partial charge in [-0.3, -0.25) is 4.90 Å². The van der Waals surface area contributed by atoms with E-state index in [4.69, 9.17) is 4.74 Å². The smallest absolute Gasteiger partial charge is 0.119 e. The molecule has 2 aromatic rings. The summed E-state index contributed by atoms with van der Waals surface area (Å²) in [6.45, 7) is 6.27. The molecule has 1 heterocycles. The van der Waals surface area contributed by atoms with Crippen molar-refractivity contribution < 1.29 is 4.74 Å². The minimum absolute atomic E-state index is 0. The van der Waals surface area contributed by atoms with Gasteiger partial charge in [0.2, 0.25) is 0 Å². The van der Waals surface area contributed by atoms with E-state index in [2.05, 4.69) is 46.2 Å². The Hall–Kier alpha value is -1.00. The Morgan fingerprint density at radius 1 is 0.931 bits per heavy atom. The molecule has 0 N–H and O–H groups in total. The summed E-state index contributed by atoms with van der Waals surface area (Å²) in [5, 5.41) is 2.66. The van der Waals surface area contributed by atoms with E-state index in [0.29, 0.717) is 0 Å². The Balaban J connectivity index is 0.00000150. The Bertz CT molecular complexity index is 741. The van der Waals surface area contributed by atoms with Gasteiger partial charge < -0.3 is 9.64 Å². The SMILES string of the molecule is COc1ccc2cccc(CCCN3CCN(C4CCCCC4)CC3)c2c1.Cl.Cl. The quantitative estimate of drug-likeness (QED) is 0.585. The number of methoxy groups -OCH3 is 1. The van der Waals surface area contributed by atoms with Gasteiger partial charge in [0, 0.05) is 32.2 Å². The van der Waals surface area contributed by atoms with Gasteiger partial charge in [-0.1, -0.05) is 43.5 Å². The van der Waals surface area contributed by atoms with E-state index in [9.17, 15) is 0 Å². The maximum Gasteiger partial charge on any atom is 0.119 e. The third-order valence-corrected chi connectivity index (χ3v) is 6.60. The van der Waals surface area contributed by atoms with Crippen molar-refractivity contribution in [1.29, 1.82) is 0 Å². The van der Waals surface area contributed by atoms with Crippen LogP contribution in [-0.2, 0) is 6.42 Å². The van der Waals surface area contributed by atoms with Gasteiger partial charge in [0.05, 0.1) is 7.11 Å². The van der Waals surface area contributed by atoms with Crippen LogP contribution in [0.15, 0.2) is 36.4 Å². The maximum absolute atomic E-state index is 5.42. The van der Waals surface area contributed by atoms with Crippen molar-refractivity contribution in [3.63, 3.8) is 0 Å². The van der Waals surface area contributed by atoms with Crippen molar-refractivity contribution in [1.82, 2.24) is 9.80 Å². The molecular weight excluding hydrogens is 403 g/mol. The molecule has 1 saturated carbocycles. The fourth-order valence-electron chi connectivity index (χ4n) is 4.95. The molecule has 0 amide bonds. The van der Waals surface area contributed by atoms with Gasteiger partial charge in [0.1, 0.15) is 5.75 Å². The second kappa shape index (κ2) is 12.0. The van der Waals surface area contributed by atoms with Gasteiger partial charge in [-0.25, -0.2) is 0 Å². The predicted octanol–water partition coefficient (Wildman–Crippen LogP) is 5.57. The minimum atomic E-state index is 0. The summed E-state index contributed by atoms with van der Waals surface area (Å²) in [5.41, 5.74) is 1.45. The highest BCUT2D eigenvalue weighted by Crippen LogP contribution is 2.26. The number of hydrogen-bond acceptors (Lipinski definition) is 3. The van der Waals surface area contributed by atoms with Crippen molar-refractivity contribution >= 4 is 35.6 Å². The van der Waals surface area contributed by atoms with E-state index < -0.39 is 0 Å². The van der Waals surface area contributed by atoms with Gasteiger partial charge in [-0.2, -0.15) is 0 Å². The summed E-state index contributed by atoms with van der Waals surface area (Å²) in [7, 11) is 1.75. The minimum Gasteiger partial charge on any atom is -0.497 e. The molecule has 0 atom stereocenters. The molecule has 29 heavy (non-hydrogen) atoms. The summed E-state index contributed by atoms with van der Waals surface area (Å²) in [6, 6.07) is 14.0. The molecule has 5 heteroatoms. The summed E-state index contributed by atoms with van der Waals surface area (Å²) >= 11 is 0. The largest absolute Gasteiger partial charge is 0.497 e. The lowest BCUT2D eigenvalue weighted by atomic mass is 9.94. The van der Waals surface area contributed by atoms with Crippen LogP contribution in [0, 0.1) is 0 Å². The molecule has 2 aromatic carbocycles. The number of halogens is 2. The predicted molar refractivity (Wildman–Crippen MR) is 128 cm³/mol. The molecule has 0 bridgehead atoms. The first kappa shape index (κ1) is 24.3. The highest BCUT2D eigenvalue weighted by atomic mass is 35.5. The van der Waals surface area contributed by atoms with Gasteiger partial charge >= 0.3 is 0 Å². The van der Waals surface area contributed by atoms with Gasteiger partial charge in [-0.15, -0.1) is 24.8 Å². The van der Waals surface area contributed by atoms with Crippen LogP contribution in [0.2, 0.25) is 0 Å². The zero-order valence-electron chi connectivity index (χ0n) is 17.6. The molecule has 0 unspecified atom stereocenters.